The Bertz CT molecular complexity index is 463. The summed E-state index contributed by atoms with van der Waals surface area (Å²) in [6.45, 7) is 6.13. The molecule has 1 fully saturated rings. The molecule has 0 aliphatic carbocycles. The summed E-state index contributed by atoms with van der Waals surface area (Å²) in [6, 6.07) is 3.75. The monoisotopic (exact) mass is 435 g/mol. The quantitative estimate of drug-likeness (QED) is 0.286. The van der Waals surface area contributed by atoms with Crippen molar-refractivity contribution in [2.45, 2.75) is 13.0 Å². The predicted molar refractivity (Wildman–Crippen MR) is 101 cm³/mol. The molecule has 2 heterocycles. The van der Waals surface area contributed by atoms with Crippen LogP contribution in [0.1, 0.15) is 12.0 Å². The fourth-order valence-electron chi connectivity index (χ4n) is 2.20. The van der Waals surface area contributed by atoms with Gasteiger partial charge in [0.15, 0.2) is 5.96 Å². The molecular weight excluding hydrogens is 409 g/mol. The van der Waals surface area contributed by atoms with E-state index in [9.17, 15) is 0 Å². The number of hydrogen-bond acceptors (Lipinski definition) is 5. The van der Waals surface area contributed by atoms with E-state index in [0.717, 1.165) is 51.4 Å². The summed E-state index contributed by atoms with van der Waals surface area (Å²) in [4.78, 5) is 10.8. The normalized spacial score (nSPS) is 15.8. The molecule has 1 aromatic rings. The zero-order valence-electron chi connectivity index (χ0n) is 13.5. The number of guanidine groups is 1. The third-order valence-corrected chi connectivity index (χ3v) is 3.50. The van der Waals surface area contributed by atoms with Gasteiger partial charge in [0.25, 0.3) is 0 Å². The van der Waals surface area contributed by atoms with Crippen LogP contribution in [-0.2, 0) is 11.3 Å². The number of nitrogens with two attached hydrogens (primary N) is 1. The van der Waals surface area contributed by atoms with Gasteiger partial charge in [-0.1, -0.05) is 6.07 Å². The predicted octanol–water partition coefficient (Wildman–Crippen LogP) is 0.835. The fraction of sp³-hybridized carbons (Fsp3) is 0.600. The molecule has 2 rings (SSSR count). The summed E-state index contributed by atoms with van der Waals surface area (Å²) in [5, 5.41) is 3.14. The molecule has 0 amide bonds. The SMILES string of the molecule is COc1ccc(CN=C(N)NCCCN2CCOCC2)cn1.I. The van der Waals surface area contributed by atoms with Gasteiger partial charge < -0.3 is 20.5 Å². The first-order valence-corrected chi connectivity index (χ1v) is 7.61. The summed E-state index contributed by atoms with van der Waals surface area (Å²) < 4.78 is 10.3. The fourth-order valence-corrected chi connectivity index (χ4v) is 2.20. The second-order valence-corrected chi connectivity index (χ2v) is 5.14. The van der Waals surface area contributed by atoms with Crippen molar-refractivity contribution in [2.24, 2.45) is 10.7 Å². The molecule has 3 N–H and O–H groups in total. The third kappa shape index (κ3) is 7.80. The van der Waals surface area contributed by atoms with Gasteiger partial charge >= 0.3 is 0 Å². The van der Waals surface area contributed by atoms with Crippen molar-refractivity contribution in [3.8, 4) is 5.88 Å². The van der Waals surface area contributed by atoms with Crippen LogP contribution >= 0.6 is 24.0 Å². The Morgan fingerprint density at radius 3 is 2.87 bits per heavy atom. The van der Waals surface area contributed by atoms with Crippen molar-refractivity contribution in [3.05, 3.63) is 23.9 Å². The first-order chi connectivity index (χ1) is 10.8. The summed E-state index contributed by atoms with van der Waals surface area (Å²) in [5.41, 5.74) is 6.86. The van der Waals surface area contributed by atoms with Crippen LogP contribution < -0.4 is 15.8 Å². The number of ether oxygens (including phenoxy) is 2. The summed E-state index contributed by atoms with van der Waals surface area (Å²) in [5.74, 6) is 1.07. The van der Waals surface area contributed by atoms with Crippen LogP contribution in [0.3, 0.4) is 0 Å². The number of aromatic nitrogens is 1. The highest BCUT2D eigenvalue weighted by Gasteiger charge is 2.08. The summed E-state index contributed by atoms with van der Waals surface area (Å²) in [7, 11) is 1.60. The van der Waals surface area contributed by atoms with E-state index >= 15 is 0 Å². The van der Waals surface area contributed by atoms with Crippen molar-refractivity contribution in [1.82, 2.24) is 15.2 Å². The zero-order valence-corrected chi connectivity index (χ0v) is 15.9. The number of rotatable bonds is 7. The summed E-state index contributed by atoms with van der Waals surface area (Å²) >= 11 is 0. The molecule has 130 valence electrons. The molecule has 7 nitrogen and oxygen atoms in total. The van der Waals surface area contributed by atoms with E-state index < -0.39 is 0 Å². The lowest BCUT2D eigenvalue weighted by molar-refractivity contribution is 0.0376. The second-order valence-electron chi connectivity index (χ2n) is 5.14. The number of hydrogen-bond donors (Lipinski definition) is 2. The molecule has 1 aliphatic rings. The lowest BCUT2D eigenvalue weighted by atomic mass is 10.3. The molecule has 0 radical (unpaired) electrons. The average molecular weight is 435 g/mol. The molecule has 1 saturated heterocycles. The third-order valence-electron chi connectivity index (χ3n) is 3.50. The molecule has 23 heavy (non-hydrogen) atoms. The van der Waals surface area contributed by atoms with Crippen LogP contribution in [0.25, 0.3) is 0 Å². The van der Waals surface area contributed by atoms with Gasteiger partial charge in [-0.2, -0.15) is 0 Å². The largest absolute Gasteiger partial charge is 0.481 e. The molecule has 0 unspecified atom stereocenters. The number of morpholine rings is 1. The molecule has 0 spiro atoms. The van der Waals surface area contributed by atoms with Crippen LogP contribution in [0.2, 0.25) is 0 Å². The number of aliphatic imine (C=N–C) groups is 1. The molecular formula is C15H26IN5O2. The minimum atomic E-state index is 0. The Hall–Kier alpha value is -1.13. The Kier molecular flexibility index (Phi) is 9.88. The highest BCUT2D eigenvalue weighted by Crippen LogP contribution is 2.07. The van der Waals surface area contributed by atoms with Gasteiger partial charge in [-0.25, -0.2) is 9.98 Å². The van der Waals surface area contributed by atoms with E-state index in [4.69, 9.17) is 15.2 Å². The van der Waals surface area contributed by atoms with Gasteiger partial charge in [0.1, 0.15) is 0 Å². The Balaban J connectivity index is 0.00000264. The Labute approximate surface area is 154 Å². The number of methoxy groups -OCH3 is 1. The smallest absolute Gasteiger partial charge is 0.212 e. The van der Waals surface area contributed by atoms with E-state index in [2.05, 4.69) is 20.2 Å². The minimum Gasteiger partial charge on any atom is -0.481 e. The molecule has 0 aromatic carbocycles. The minimum absolute atomic E-state index is 0. The molecule has 0 atom stereocenters. The maximum absolute atomic E-state index is 5.86. The number of pyridine rings is 1. The van der Waals surface area contributed by atoms with Gasteiger partial charge in [0, 0.05) is 31.9 Å². The molecule has 0 bridgehead atoms. The van der Waals surface area contributed by atoms with Crippen molar-refractivity contribution in [3.63, 3.8) is 0 Å². The molecule has 1 aliphatic heterocycles. The molecule has 1 aromatic heterocycles. The maximum atomic E-state index is 5.86. The first-order valence-electron chi connectivity index (χ1n) is 7.61. The van der Waals surface area contributed by atoms with Crippen LogP contribution in [0.15, 0.2) is 23.3 Å². The van der Waals surface area contributed by atoms with Crippen LogP contribution in [0, 0.1) is 0 Å². The zero-order chi connectivity index (χ0) is 15.6. The highest BCUT2D eigenvalue weighted by molar-refractivity contribution is 14.0. The Morgan fingerprint density at radius 1 is 1.43 bits per heavy atom. The van der Waals surface area contributed by atoms with Crippen molar-refractivity contribution < 1.29 is 9.47 Å². The van der Waals surface area contributed by atoms with Crippen LogP contribution in [0.4, 0.5) is 0 Å². The molecule has 8 heteroatoms. The van der Waals surface area contributed by atoms with Crippen LogP contribution in [-0.4, -0.2) is 62.3 Å². The lowest BCUT2D eigenvalue weighted by Crippen LogP contribution is -2.39. The van der Waals surface area contributed by atoms with Gasteiger partial charge in [0.05, 0.1) is 26.9 Å². The number of halogens is 1. The van der Waals surface area contributed by atoms with E-state index in [1.165, 1.54) is 0 Å². The van der Waals surface area contributed by atoms with E-state index in [1.54, 1.807) is 13.3 Å². The highest BCUT2D eigenvalue weighted by atomic mass is 127. The topological polar surface area (TPSA) is 85.0 Å². The maximum Gasteiger partial charge on any atom is 0.212 e. The van der Waals surface area contributed by atoms with E-state index in [0.29, 0.717) is 18.4 Å². The van der Waals surface area contributed by atoms with Crippen LogP contribution in [0.5, 0.6) is 5.88 Å². The van der Waals surface area contributed by atoms with Gasteiger partial charge in [-0.15, -0.1) is 24.0 Å². The number of nitrogens with one attached hydrogen (secondary N) is 1. The lowest BCUT2D eigenvalue weighted by Gasteiger charge is -2.26. The second kappa shape index (κ2) is 11.4. The number of nitrogens with zero attached hydrogens (tertiary/aromatic N) is 3. The van der Waals surface area contributed by atoms with Gasteiger partial charge in [-0.05, 0) is 18.5 Å². The summed E-state index contributed by atoms with van der Waals surface area (Å²) in [6.07, 6.45) is 2.79. The van der Waals surface area contributed by atoms with Crippen molar-refractivity contribution >= 4 is 29.9 Å². The standard InChI is InChI=1S/C15H25N5O2.HI/c1-21-14-4-3-13(11-18-14)12-19-15(16)17-5-2-6-20-7-9-22-10-8-20;/h3-4,11H,2,5-10,12H2,1H3,(H3,16,17,19);1H. The van der Waals surface area contributed by atoms with Crippen molar-refractivity contribution in [1.29, 1.82) is 0 Å². The van der Waals surface area contributed by atoms with E-state index in [1.807, 2.05) is 12.1 Å². The van der Waals surface area contributed by atoms with Gasteiger partial charge in [-0.3, -0.25) is 4.90 Å². The van der Waals surface area contributed by atoms with Gasteiger partial charge in [0.2, 0.25) is 5.88 Å². The average Bonchev–Trinajstić information content (AvgIpc) is 2.58. The first kappa shape index (κ1) is 19.9. The molecule has 0 saturated carbocycles. The Morgan fingerprint density at radius 2 is 2.22 bits per heavy atom. The van der Waals surface area contributed by atoms with Crippen molar-refractivity contribution in [2.75, 3.05) is 46.5 Å². The van der Waals surface area contributed by atoms with E-state index in [-0.39, 0.29) is 24.0 Å².